The lowest BCUT2D eigenvalue weighted by Gasteiger charge is -2.00. The summed E-state index contributed by atoms with van der Waals surface area (Å²) in [5.41, 5.74) is 4.72. The zero-order valence-corrected chi connectivity index (χ0v) is 12.1. The highest BCUT2D eigenvalue weighted by molar-refractivity contribution is 6.30. The van der Waals surface area contributed by atoms with Crippen LogP contribution < -0.4 is 5.43 Å². The van der Waals surface area contributed by atoms with Gasteiger partial charge < -0.3 is 0 Å². The average molecular weight is 299 g/mol. The molecule has 0 unspecified atom stereocenters. The molecule has 21 heavy (non-hydrogen) atoms. The zero-order valence-electron chi connectivity index (χ0n) is 11.4. The van der Waals surface area contributed by atoms with Crippen LogP contribution in [0.15, 0.2) is 59.7 Å². The zero-order chi connectivity index (χ0) is 14.7. The molecule has 1 aliphatic rings. The number of nitrogens with zero attached hydrogens (tertiary/aromatic N) is 1. The third kappa shape index (κ3) is 3.50. The summed E-state index contributed by atoms with van der Waals surface area (Å²) in [5.74, 6) is 0.348. The molecule has 0 saturated heterocycles. The number of rotatable bonds is 4. The minimum absolute atomic E-state index is 0.0194. The van der Waals surface area contributed by atoms with Crippen LogP contribution in [0, 0.1) is 5.92 Å². The molecule has 0 bridgehead atoms. The molecule has 0 radical (unpaired) electrons. The monoisotopic (exact) mass is 298 g/mol. The molecule has 0 aliphatic heterocycles. The molecular weight excluding hydrogens is 284 g/mol. The number of hydrazone groups is 1. The van der Waals surface area contributed by atoms with Crippen molar-refractivity contribution in [2.24, 2.45) is 11.0 Å². The fourth-order valence-corrected chi connectivity index (χ4v) is 2.48. The van der Waals surface area contributed by atoms with Crippen molar-refractivity contribution in [3.05, 3.63) is 70.7 Å². The number of hydrogen-bond acceptors (Lipinski definition) is 2. The van der Waals surface area contributed by atoms with Crippen molar-refractivity contribution in [2.75, 3.05) is 0 Å². The number of benzene rings is 2. The van der Waals surface area contributed by atoms with E-state index in [-0.39, 0.29) is 11.8 Å². The van der Waals surface area contributed by atoms with Gasteiger partial charge in [0.1, 0.15) is 0 Å². The van der Waals surface area contributed by atoms with Crippen molar-refractivity contribution >= 4 is 23.7 Å². The summed E-state index contributed by atoms with van der Waals surface area (Å²) < 4.78 is 0. The Hall–Kier alpha value is -2.13. The standard InChI is InChI=1S/C17H15ClN2O/c18-14-8-6-12(7-9-14)11-19-20-17(21)16-10-15(16)13-4-2-1-3-5-13/h1-9,11,15-16H,10H2,(H,20,21)/t15-,16+/m0/s1. The van der Waals surface area contributed by atoms with Crippen LogP contribution in [-0.2, 0) is 4.79 Å². The first-order valence-corrected chi connectivity index (χ1v) is 7.25. The molecule has 1 saturated carbocycles. The van der Waals surface area contributed by atoms with Crippen LogP contribution in [0.25, 0.3) is 0 Å². The highest BCUT2D eigenvalue weighted by Gasteiger charge is 2.43. The van der Waals surface area contributed by atoms with Gasteiger partial charge >= 0.3 is 0 Å². The fraction of sp³-hybridized carbons (Fsp3) is 0.176. The molecule has 3 nitrogen and oxygen atoms in total. The highest BCUT2D eigenvalue weighted by atomic mass is 35.5. The lowest BCUT2D eigenvalue weighted by molar-refractivity contribution is -0.122. The highest BCUT2D eigenvalue weighted by Crippen LogP contribution is 2.47. The maximum absolute atomic E-state index is 12.0. The van der Waals surface area contributed by atoms with Crippen molar-refractivity contribution in [1.82, 2.24) is 5.43 Å². The predicted molar refractivity (Wildman–Crippen MR) is 84.5 cm³/mol. The van der Waals surface area contributed by atoms with Crippen molar-refractivity contribution in [2.45, 2.75) is 12.3 Å². The van der Waals surface area contributed by atoms with Crippen LogP contribution >= 0.6 is 11.6 Å². The van der Waals surface area contributed by atoms with Crippen molar-refractivity contribution in [3.8, 4) is 0 Å². The van der Waals surface area contributed by atoms with Crippen LogP contribution in [0.5, 0.6) is 0 Å². The Morgan fingerprint density at radius 3 is 2.57 bits per heavy atom. The molecule has 1 aliphatic carbocycles. The van der Waals surface area contributed by atoms with Crippen molar-refractivity contribution in [1.29, 1.82) is 0 Å². The number of halogens is 1. The number of hydrogen-bond donors (Lipinski definition) is 1. The topological polar surface area (TPSA) is 41.5 Å². The first kappa shape index (κ1) is 13.8. The summed E-state index contributed by atoms with van der Waals surface area (Å²) in [6.07, 6.45) is 2.51. The molecule has 1 fully saturated rings. The van der Waals surface area contributed by atoms with E-state index in [2.05, 4.69) is 22.7 Å². The Labute approximate surface area is 128 Å². The molecule has 1 N–H and O–H groups in total. The van der Waals surface area contributed by atoms with Crippen LogP contribution in [0.4, 0.5) is 0 Å². The smallest absolute Gasteiger partial charge is 0.243 e. The lowest BCUT2D eigenvalue weighted by Crippen LogP contribution is -2.20. The second kappa shape index (κ2) is 6.10. The molecule has 3 rings (SSSR count). The molecule has 0 heterocycles. The third-order valence-electron chi connectivity index (χ3n) is 3.61. The minimum Gasteiger partial charge on any atom is -0.273 e. The lowest BCUT2D eigenvalue weighted by atomic mass is 10.1. The normalized spacial score (nSPS) is 20.4. The van der Waals surface area contributed by atoms with Gasteiger partial charge in [-0.1, -0.05) is 54.1 Å². The van der Waals surface area contributed by atoms with Gasteiger partial charge in [-0.15, -0.1) is 0 Å². The quantitative estimate of drug-likeness (QED) is 0.680. The van der Waals surface area contributed by atoms with Crippen LogP contribution in [0.1, 0.15) is 23.5 Å². The molecule has 106 valence electrons. The molecule has 1 amide bonds. The third-order valence-corrected chi connectivity index (χ3v) is 3.87. The Kier molecular flexibility index (Phi) is 4.02. The summed E-state index contributed by atoms with van der Waals surface area (Å²) in [6, 6.07) is 17.4. The number of nitrogens with one attached hydrogen (secondary N) is 1. The SMILES string of the molecule is O=C(NN=Cc1ccc(Cl)cc1)[C@@H]1C[C@H]1c1ccccc1. The Bertz CT molecular complexity index is 652. The second-order valence-corrected chi connectivity index (χ2v) is 5.58. The van der Waals surface area contributed by atoms with E-state index < -0.39 is 0 Å². The molecular formula is C17H15ClN2O. The van der Waals surface area contributed by atoms with Crippen LogP contribution in [0.2, 0.25) is 5.02 Å². The summed E-state index contributed by atoms with van der Waals surface area (Å²) in [4.78, 5) is 12.0. The number of carbonyl (C=O) groups is 1. The Morgan fingerprint density at radius 1 is 1.14 bits per heavy atom. The van der Waals surface area contributed by atoms with E-state index in [1.165, 1.54) is 5.56 Å². The van der Waals surface area contributed by atoms with Gasteiger partial charge in [-0.2, -0.15) is 5.10 Å². The van der Waals surface area contributed by atoms with E-state index in [1.807, 2.05) is 30.3 Å². The molecule has 2 atom stereocenters. The van der Waals surface area contributed by atoms with Crippen molar-refractivity contribution < 1.29 is 4.79 Å². The van der Waals surface area contributed by atoms with Gasteiger partial charge in [0.15, 0.2) is 0 Å². The van der Waals surface area contributed by atoms with Crippen LogP contribution in [-0.4, -0.2) is 12.1 Å². The summed E-state index contributed by atoms with van der Waals surface area (Å²) in [6.45, 7) is 0. The molecule has 2 aromatic rings. The largest absolute Gasteiger partial charge is 0.273 e. The van der Waals surface area contributed by atoms with E-state index in [0.29, 0.717) is 10.9 Å². The summed E-state index contributed by atoms with van der Waals surface area (Å²) in [5, 5.41) is 4.67. The number of amides is 1. The van der Waals surface area contributed by atoms with Gasteiger partial charge in [-0.25, -0.2) is 5.43 Å². The molecule has 2 aromatic carbocycles. The summed E-state index contributed by atoms with van der Waals surface area (Å²) >= 11 is 5.81. The van der Waals surface area contributed by atoms with E-state index in [1.54, 1.807) is 18.3 Å². The number of carbonyl (C=O) groups excluding carboxylic acids is 1. The van der Waals surface area contributed by atoms with Crippen molar-refractivity contribution in [3.63, 3.8) is 0 Å². The van der Waals surface area contributed by atoms with Gasteiger partial charge in [0.25, 0.3) is 0 Å². The minimum atomic E-state index is -0.0194. The molecule has 0 spiro atoms. The van der Waals surface area contributed by atoms with Crippen LogP contribution in [0.3, 0.4) is 0 Å². The van der Waals surface area contributed by atoms with E-state index >= 15 is 0 Å². The second-order valence-electron chi connectivity index (χ2n) is 5.15. The van der Waals surface area contributed by atoms with Gasteiger partial charge in [-0.3, -0.25) is 4.79 Å². The predicted octanol–water partition coefficient (Wildman–Crippen LogP) is 3.59. The summed E-state index contributed by atoms with van der Waals surface area (Å²) in [7, 11) is 0. The maximum Gasteiger partial charge on any atom is 0.243 e. The van der Waals surface area contributed by atoms with E-state index in [0.717, 1.165) is 12.0 Å². The van der Waals surface area contributed by atoms with Gasteiger partial charge in [0.05, 0.1) is 6.21 Å². The Balaban J connectivity index is 1.53. The maximum atomic E-state index is 12.0. The van der Waals surface area contributed by atoms with Gasteiger partial charge in [-0.05, 0) is 35.6 Å². The molecule has 4 heteroatoms. The van der Waals surface area contributed by atoms with Gasteiger partial charge in [0.2, 0.25) is 5.91 Å². The fourth-order valence-electron chi connectivity index (χ4n) is 2.36. The first-order valence-electron chi connectivity index (χ1n) is 6.87. The Morgan fingerprint density at radius 2 is 1.86 bits per heavy atom. The van der Waals surface area contributed by atoms with E-state index in [4.69, 9.17) is 11.6 Å². The first-order chi connectivity index (χ1) is 10.2. The average Bonchev–Trinajstić information content (AvgIpc) is 3.31. The van der Waals surface area contributed by atoms with Gasteiger partial charge in [0, 0.05) is 10.9 Å². The van der Waals surface area contributed by atoms with E-state index in [9.17, 15) is 4.79 Å². The molecule has 0 aromatic heterocycles.